The smallest absolute Gasteiger partial charge is 0.309 e. The molecule has 0 spiro atoms. The summed E-state index contributed by atoms with van der Waals surface area (Å²) in [5.74, 6) is 0.0837. The van der Waals surface area contributed by atoms with Crippen LogP contribution in [0.5, 0.6) is 0 Å². The molecule has 9 nitrogen and oxygen atoms in total. The van der Waals surface area contributed by atoms with E-state index in [1.807, 2.05) is 6.92 Å². The maximum absolute atomic E-state index is 12.7. The number of sulfonamides is 1. The Bertz CT molecular complexity index is 838. The van der Waals surface area contributed by atoms with Crippen molar-refractivity contribution in [1.29, 1.82) is 0 Å². The molecule has 1 unspecified atom stereocenters. The predicted molar refractivity (Wildman–Crippen MR) is 117 cm³/mol. The summed E-state index contributed by atoms with van der Waals surface area (Å²) in [4.78, 5) is 28.5. The zero-order valence-electron chi connectivity index (χ0n) is 19.3. The van der Waals surface area contributed by atoms with Crippen LogP contribution in [0, 0.1) is 18.8 Å². The summed E-state index contributed by atoms with van der Waals surface area (Å²) in [6.45, 7) is 8.15. The number of imidazole rings is 1. The summed E-state index contributed by atoms with van der Waals surface area (Å²) in [5, 5.41) is 2.87. The van der Waals surface area contributed by atoms with Crippen LogP contribution in [0.25, 0.3) is 0 Å². The summed E-state index contributed by atoms with van der Waals surface area (Å²) in [7, 11) is -1.94. The maximum atomic E-state index is 12.7. The number of nitrogens with zero attached hydrogens (tertiary/aromatic N) is 3. The van der Waals surface area contributed by atoms with E-state index in [4.69, 9.17) is 4.74 Å². The van der Waals surface area contributed by atoms with Crippen molar-refractivity contribution in [3.05, 3.63) is 12.0 Å². The second-order valence-corrected chi connectivity index (χ2v) is 10.7. The van der Waals surface area contributed by atoms with Crippen LogP contribution in [-0.4, -0.2) is 59.9 Å². The summed E-state index contributed by atoms with van der Waals surface area (Å²) < 4.78 is 33.7. The average Bonchev–Trinajstić information content (AvgIpc) is 3.05. The van der Waals surface area contributed by atoms with Gasteiger partial charge >= 0.3 is 5.97 Å². The molecule has 1 atom stereocenters. The highest BCUT2D eigenvalue weighted by Crippen LogP contribution is 2.24. The van der Waals surface area contributed by atoms with Crippen LogP contribution in [0.2, 0.25) is 0 Å². The van der Waals surface area contributed by atoms with Crippen molar-refractivity contribution in [2.45, 2.75) is 70.9 Å². The Morgan fingerprint density at radius 2 is 1.87 bits per heavy atom. The molecule has 1 aliphatic rings. The number of hydrogen-bond donors (Lipinski definition) is 1. The first kappa shape index (κ1) is 25.3. The van der Waals surface area contributed by atoms with Crippen LogP contribution in [0.4, 0.5) is 0 Å². The number of amides is 1. The van der Waals surface area contributed by atoms with Crippen molar-refractivity contribution in [2.24, 2.45) is 18.9 Å². The highest BCUT2D eigenvalue weighted by atomic mass is 32.2. The van der Waals surface area contributed by atoms with Gasteiger partial charge in [0.2, 0.25) is 0 Å². The van der Waals surface area contributed by atoms with E-state index in [1.54, 1.807) is 18.5 Å². The zero-order valence-corrected chi connectivity index (χ0v) is 20.1. The van der Waals surface area contributed by atoms with Gasteiger partial charge in [-0.05, 0) is 39.0 Å². The lowest BCUT2D eigenvalue weighted by Gasteiger charge is -2.29. The van der Waals surface area contributed by atoms with Crippen molar-refractivity contribution in [2.75, 3.05) is 19.7 Å². The molecule has 0 radical (unpaired) electrons. The number of carbonyl (C=O) groups excluding carboxylic acids is 2. The normalized spacial score (nSPS) is 17.0. The van der Waals surface area contributed by atoms with E-state index < -0.39 is 21.9 Å². The Kier molecular flexibility index (Phi) is 9.05. The molecule has 0 aliphatic carbocycles. The van der Waals surface area contributed by atoms with Crippen LogP contribution in [0.15, 0.2) is 11.2 Å². The summed E-state index contributed by atoms with van der Waals surface area (Å²) >= 11 is 0. The second kappa shape index (κ2) is 11.1. The highest BCUT2D eigenvalue weighted by molar-refractivity contribution is 7.89. The first-order valence-electron chi connectivity index (χ1n) is 11.0. The van der Waals surface area contributed by atoms with E-state index in [2.05, 4.69) is 24.1 Å². The minimum absolute atomic E-state index is 0.0210. The number of aryl methyl sites for hydroxylation is 2. The predicted octanol–water partition coefficient (Wildman–Crippen LogP) is 2.00. The van der Waals surface area contributed by atoms with Gasteiger partial charge in [-0.1, -0.05) is 26.7 Å². The van der Waals surface area contributed by atoms with Gasteiger partial charge < -0.3 is 14.6 Å². The van der Waals surface area contributed by atoms with E-state index in [9.17, 15) is 18.0 Å². The van der Waals surface area contributed by atoms with E-state index in [-0.39, 0.29) is 36.7 Å². The molecule has 0 aromatic carbocycles. The largest absolute Gasteiger partial charge is 0.455 e. The van der Waals surface area contributed by atoms with Crippen LogP contribution >= 0.6 is 0 Å². The van der Waals surface area contributed by atoms with Crippen molar-refractivity contribution < 1.29 is 22.7 Å². The SMILES string of the molecule is Cc1nc(S(=O)(=O)N2CCC(C(=O)OCC(=O)NC(C)CCCC(C)C)CC2)cn1C. The summed E-state index contributed by atoms with van der Waals surface area (Å²) in [5.41, 5.74) is 0. The average molecular weight is 457 g/mol. The number of carbonyl (C=O) groups is 2. The van der Waals surface area contributed by atoms with Gasteiger partial charge in [0.05, 0.1) is 5.92 Å². The van der Waals surface area contributed by atoms with Gasteiger partial charge in [-0.3, -0.25) is 9.59 Å². The molecular weight excluding hydrogens is 420 g/mol. The van der Waals surface area contributed by atoms with Crippen molar-refractivity contribution in [1.82, 2.24) is 19.2 Å². The van der Waals surface area contributed by atoms with Crippen molar-refractivity contribution in [3.63, 3.8) is 0 Å². The van der Waals surface area contributed by atoms with Gasteiger partial charge in [-0.2, -0.15) is 4.31 Å². The second-order valence-electron chi connectivity index (χ2n) is 8.82. The molecule has 10 heteroatoms. The first-order valence-corrected chi connectivity index (χ1v) is 12.4. The van der Waals surface area contributed by atoms with Crippen molar-refractivity contribution >= 4 is 21.9 Å². The van der Waals surface area contributed by atoms with Crippen molar-refractivity contribution in [3.8, 4) is 0 Å². The number of esters is 1. The fourth-order valence-electron chi connectivity index (χ4n) is 3.59. The number of rotatable bonds is 10. The molecule has 0 saturated carbocycles. The summed E-state index contributed by atoms with van der Waals surface area (Å²) in [6, 6.07) is 0.0358. The number of ether oxygens (including phenoxy) is 1. The Balaban J connectivity index is 1.75. The van der Waals surface area contributed by atoms with Crippen LogP contribution in [0.3, 0.4) is 0 Å². The third-order valence-electron chi connectivity index (χ3n) is 5.65. The molecule has 31 heavy (non-hydrogen) atoms. The van der Waals surface area contributed by atoms with E-state index >= 15 is 0 Å². The number of piperidine rings is 1. The molecule has 1 saturated heterocycles. The Hall–Kier alpha value is -1.94. The van der Waals surface area contributed by atoms with Crippen LogP contribution in [0.1, 0.15) is 58.7 Å². The molecule has 2 heterocycles. The van der Waals surface area contributed by atoms with Crippen LogP contribution < -0.4 is 5.32 Å². The van der Waals surface area contributed by atoms with E-state index in [0.29, 0.717) is 24.6 Å². The standard InChI is InChI=1S/C21H36N4O5S/c1-15(2)7-6-8-16(3)22-19(26)14-30-21(27)18-9-11-25(12-10-18)31(28,29)20-13-24(5)17(4)23-20/h13,15-16,18H,6-12,14H2,1-5H3,(H,22,26). The molecule has 1 aliphatic heterocycles. The molecule has 1 amide bonds. The zero-order chi connectivity index (χ0) is 23.2. The number of nitrogens with one attached hydrogen (secondary N) is 1. The lowest BCUT2D eigenvalue weighted by atomic mass is 9.98. The molecule has 2 rings (SSSR count). The molecule has 0 bridgehead atoms. The molecule has 176 valence electrons. The quantitative estimate of drug-likeness (QED) is 0.539. The maximum Gasteiger partial charge on any atom is 0.309 e. The van der Waals surface area contributed by atoms with E-state index in [1.165, 1.54) is 10.5 Å². The van der Waals surface area contributed by atoms with Gasteiger partial charge in [-0.25, -0.2) is 13.4 Å². The van der Waals surface area contributed by atoms with Gasteiger partial charge in [0.15, 0.2) is 11.6 Å². The molecule has 1 fully saturated rings. The lowest BCUT2D eigenvalue weighted by molar-refractivity contribution is -0.153. The fourth-order valence-corrected chi connectivity index (χ4v) is 5.09. The third kappa shape index (κ3) is 7.31. The number of aromatic nitrogens is 2. The molecular formula is C21H36N4O5S. The van der Waals surface area contributed by atoms with Gasteiger partial charge in [0.1, 0.15) is 5.82 Å². The fraction of sp³-hybridized carbons (Fsp3) is 0.762. The first-order chi connectivity index (χ1) is 14.5. The topological polar surface area (TPSA) is 111 Å². The Labute approximate surface area is 185 Å². The molecule has 1 aromatic heterocycles. The summed E-state index contributed by atoms with van der Waals surface area (Å²) in [6.07, 6.45) is 5.25. The van der Waals surface area contributed by atoms with Gasteiger partial charge in [-0.15, -0.1) is 0 Å². The lowest BCUT2D eigenvalue weighted by Crippen LogP contribution is -2.41. The highest BCUT2D eigenvalue weighted by Gasteiger charge is 2.34. The van der Waals surface area contributed by atoms with E-state index in [0.717, 1.165) is 19.3 Å². The Morgan fingerprint density at radius 1 is 1.23 bits per heavy atom. The Morgan fingerprint density at radius 3 is 2.42 bits per heavy atom. The minimum Gasteiger partial charge on any atom is -0.455 e. The van der Waals surface area contributed by atoms with Gasteiger partial charge in [0.25, 0.3) is 15.9 Å². The third-order valence-corrected chi connectivity index (χ3v) is 7.42. The number of hydrogen-bond acceptors (Lipinski definition) is 6. The van der Waals surface area contributed by atoms with Gasteiger partial charge in [0, 0.05) is 32.4 Å². The monoisotopic (exact) mass is 456 g/mol. The molecule has 1 N–H and O–H groups in total. The minimum atomic E-state index is -3.68. The molecule has 1 aromatic rings. The van der Waals surface area contributed by atoms with Crippen LogP contribution in [-0.2, 0) is 31.4 Å².